The summed E-state index contributed by atoms with van der Waals surface area (Å²) in [6, 6.07) is 2.76. The second-order valence-corrected chi connectivity index (χ2v) is 4.07. The second-order valence-electron chi connectivity index (χ2n) is 3.09. The first-order chi connectivity index (χ1) is 7.63. The van der Waals surface area contributed by atoms with E-state index in [0.717, 1.165) is 11.3 Å². The van der Waals surface area contributed by atoms with E-state index in [0.29, 0.717) is 10.3 Å². The molecule has 0 aliphatic carbocycles. The molecular weight excluding hydrogens is 230 g/mol. The highest BCUT2D eigenvalue weighted by atomic mass is 32.1. The lowest BCUT2D eigenvalue weighted by Gasteiger charge is -2.00. The molecule has 82 valence electrons. The van der Waals surface area contributed by atoms with E-state index < -0.39 is 0 Å². The molecule has 7 heteroatoms. The van der Waals surface area contributed by atoms with Gasteiger partial charge in [0.15, 0.2) is 5.78 Å². The monoisotopic (exact) mass is 237 g/mol. The molecule has 2 aromatic rings. The number of fused-ring (bicyclic) bond motifs is 1. The molecule has 0 spiro atoms. The maximum absolute atomic E-state index is 11.6. The molecule has 16 heavy (non-hydrogen) atoms. The number of nitrogens with zero attached hydrogens (tertiary/aromatic N) is 1. The molecule has 1 aromatic carbocycles. The van der Waals surface area contributed by atoms with Crippen molar-refractivity contribution in [2.45, 2.75) is 0 Å². The first-order valence-corrected chi connectivity index (χ1v) is 5.16. The maximum Gasteiger partial charge on any atom is 0.305 e. The number of hydrogen-bond acceptors (Lipinski definition) is 6. The van der Waals surface area contributed by atoms with Crippen LogP contribution in [0.2, 0.25) is 0 Å². The number of nitrogens with one attached hydrogen (secondary N) is 2. The number of aromatic hydroxyl groups is 1. The molecule has 0 saturated heterocycles. The van der Waals surface area contributed by atoms with Crippen molar-refractivity contribution in [1.29, 1.82) is 5.53 Å². The zero-order valence-electron chi connectivity index (χ0n) is 7.98. The van der Waals surface area contributed by atoms with Crippen LogP contribution in [0.3, 0.4) is 0 Å². The molecule has 0 unspecified atom stereocenters. The summed E-state index contributed by atoms with van der Waals surface area (Å²) in [5, 5.41) is 12.5. The van der Waals surface area contributed by atoms with Crippen LogP contribution in [0.1, 0.15) is 10.4 Å². The Hall–Kier alpha value is -2.02. The number of carbonyl (C=O) groups is 1. The van der Waals surface area contributed by atoms with Crippen LogP contribution < -0.4 is 4.87 Å². The van der Waals surface area contributed by atoms with Gasteiger partial charge in [0.05, 0.1) is 4.70 Å². The van der Waals surface area contributed by atoms with Gasteiger partial charge in [-0.25, -0.2) is 5.53 Å². The molecule has 0 radical (unpaired) electrons. The van der Waals surface area contributed by atoms with E-state index in [2.05, 4.69) is 10.1 Å². The van der Waals surface area contributed by atoms with E-state index in [9.17, 15) is 14.7 Å². The lowest BCUT2D eigenvalue weighted by Crippen LogP contribution is -2.02. The number of phenolic OH excluding ortho intramolecular Hbond substituents is 1. The summed E-state index contributed by atoms with van der Waals surface area (Å²) in [5.74, 6) is -0.428. The fourth-order valence-corrected chi connectivity index (χ4v) is 2.28. The van der Waals surface area contributed by atoms with Gasteiger partial charge in [-0.05, 0) is 12.1 Å². The quantitative estimate of drug-likeness (QED) is 0.556. The van der Waals surface area contributed by atoms with E-state index in [4.69, 9.17) is 5.53 Å². The van der Waals surface area contributed by atoms with Crippen molar-refractivity contribution in [3.8, 4) is 5.75 Å². The Morgan fingerprint density at radius 2 is 2.31 bits per heavy atom. The van der Waals surface area contributed by atoms with Crippen LogP contribution in [0.5, 0.6) is 5.75 Å². The number of thiazole rings is 1. The number of ketones is 1. The second kappa shape index (κ2) is 3.86. The van der Waals surface area contributed by atoms with Crippen LogP contribution >= 0.6 is 11.3 Å². The van der Waals surface area contributed by atoms with E-state index in [-0.39, 0.29) is 28.5 Å². The van der Waals surface area contributed by atoms with Gasteiger partial charge in [0, 0.05) is 5.56 Å². The number of H-pyrrole nitrogens is 1. The molecule has 1 heterocycles. The minimum Gasteiger partial charge on any atom is -0.506 e. The highest BCUT2D eigenvalue weighted by molar-refractivity contribution is 7.16. The number of rotatable bonds is 3. The summed E-state index contributed by atoms with van der Waals surface area (Å²) in [6.45, 7) is -0.258. The first kappa shape index (κ1) is 10.5. The van der Waals surface area contributed by atoms with Gasteiger partial charge in [0.1, 0.15) is 17.8 Å². The number of aromatic amines is 1. The van der Waals surface area contributed by atoms with Gasteiger partial charge in [-0.2, -0.15) is 5.11 Å². The Balaban J connectivity index is 2.71. The van der Waals surface area contributed by atoms with Crippen LogP contribution in [0.25, 0.3) is 10.2 Å². The third-order valence-corrected chi connectivity index (χ3v) is 3.00. The number of Topliss-reactive ketones (excluding diaryl/α,β-unsaturated/α-hetero) is 1. The van der Waals surface area contributed by atoms with Crippen LogP contribution in [0, 0.1) is 5.53 Å². The molecule has 6 nitrogen and oxygen atoms in total. The van der Waals surface area contributed by atoms with Crippen molar-refractivity contribution >= 4 is 27.3 Å². The molecule has 0 bridgehead atoms. The lowest BCUT2D eigenvalue weighted by atomic mass is 10.1. The van der Waals surface area contributed by atoms with Gasteiger partial charge >= 0.3 is 4.87 Å². The van der Waals surface area contributed by atoms with Crippen molar-refractivity contribution in [2.24, 2.45) is 5.11 Å². The van der Waals surface area contributed by atoms with E-state index >= 15 is 0 Å². The van der Waals surface area contributed by atoms with Gasteiger partial charge in [-0.3, -0.25) is 9.59 Å². The molecule has 0 atom stereocenters. The molecule has 0 fully saturated rings. The Labute approximate surface area is 93.1 Å². The predicted octanol–water partition coefficient (Wildman–Crippen LogP) is 1.51. The molecule has 3 N–H and O–H groups in total. The predicted molar refractivity (Wildman–Crippen MR) is 58.5 cm³/mol. The summed E-state index contributed by atoms with van der Waals surface area (Å²) in [4.78, 5) is 24.8. The molecule has 1 aromatic heterocycles. The van der Waals surface area contributed by atoms with Crippen LogP contribution in [0.15, 0.2) is 22.0 Å². The average molecular weight is 237 g/mol. The summed E-state index contributed by atoms with van der Waals surface area (Å²) >= 11 is 0.852. The third-order valence-electron chi connectivity index (χ3n) is 2.08. The zero-order valence-corrected chi connectivity index (χ0v) is 8.80. The SMILES string of the molecule is N=NCC(=O)c1ccc(O)c2[nH]c(=O)sc12. The lowest BCUT2D eigenvalue weighted by molar-refractivity contribution is 0.100. The Bertz CT molecular complexity index is 628. The standard InChI is InChI=1S/C9H7N3O3S/c10-11-3-6(14)4-1-2-5(13)7-8(4)16-9(15)12-7/h1-2,10,13H,3H2,(H,12,15). The van der Waals surface area contributed by atoms with Crippen molar-refractivity contribution in [2.75, 3.05) is 6.54 Å². The van der Waals surface area contributed by atoms with E-state index in [1.54, 1.807) is 0 Å². The smallest absolute Gasteiger partial charge is 0.305 e. The molecule has 0 saturated carbocycles. The number of benzene rings is 1. The number of phenols is 1. The summed E-state index contributed by atoms with van der Waals surface area (Å²) < 4.78 is 0.402. The van der Waals surface area contributed by atoms with Crippen LogP contribution in [-0.2, 0) is 0 Å². The van der Waals surface area contributed by atoms with Crippen molar-refractivity contribution < 1.29 is 9.90 Å². The summed E-state index contributed by atoms with van der Waals surface area (Å²) in [6.07, 6.45) is 0. The van der Waals surface area contributed by atoms with Gasteiger partial charge in [0.2, 0.25) is 0 Å². The largest absolute Gasteiger partial charge is 0.506 e. The van der Waals surface area contributed by atoms with Crippen molar-refractivity contribution in [3.05, 3.63) is 27.4 Å². The Kier molecular flexibility index (Phi) is 2.53. The highest BCUT2D eigenvalue weighted by Crippen LogP contribution is 2.27. The average Bonchev–Trinajstić information content (AvgIpc) is 2.61. The number of hydrogen-bond donors (Lipinski definition) is 3. The van der Waals surface area contributed by atoms with Crippen molar-refractivity contribution in [3.63, 3.8) is 0 Å². The molecule has 2 rings (SSSR count). The summed E-state index contributed by atoms with van der Waals surface area (Å²) in [7, 11) is 0. The maximum atomic E-state index is 11.6. The summed E-state index contributed by atoms with van der Waals surface area (Å²) in [5.41, 5.74) is 7.18. The minimum atomic E-state index is -0.352. The third kappa shape index (κ3) is 1.61. The number of carbonyl (C=O) groups excluding carboxylic acids is 1. The fourth-order valence-electron chi connectivity index (χ4n) is 1.40. The van der Waals surface area contributed by atoms with Gasteiger partial charge < -0.3 is 10.1 Å². The van der Waals surface area contributed by atoms with Crippen molar-refractivity contribution in [1.82, 2.24) is 4.98 Å². The molecular formula is C9H7N3O3S. The van der Waals surface area contributed by atoms with E-state index in [1.807, 2.05) is 0 Å². The van der Waals surface area contributed by atoms with Crippen LogP contribution in [0.4, 0.5) is 0 Å². The van der Waals surface area contributed by atoms with Gasteiger partial charge in [-0.1, -0.05) is 11.3 Å². The fraction of sp³-hybridized carbons (Fsp3) is 0.111. The van der Waals surface area contributed by atoms with Crippen LogP contribution in [-0.4, -0.2) is 22.4 Å². The Morgan fingerprint density at radius 3 is 3.00 bits per heavy atom. The zero-order chi connectivity index (χ0) is 11.7. The topological polar surface area (TPSA) is 106 Å². The van der Waals surface area contributed by atoms with E-state index in [1.165, 1.54) is 12.1 Å². The Morgan fingerprint density at radius 1 is 1.56 bits per heavy atom. The van der Waals surface area contributed by atoms with Gasteiger partial charge in [0.25, 0.3) is 0 Å². The molecule has 0 amide bonds. The minimum absolute atomic E-state index is 0.0762. The van der Waals surface area contributed by atoms with Gasteiger partial charge in [-0.15, -0.1) is 0 Å². The normalized spacial score (nSPS) is 10.5. The highest BCUT2D eigenvalue weighted by Gasteiger charge is 2.14. The first-order valence-electron chi connectivity index (χ1n) is 4.34. The number of aromatic nitrogens is 1. The molecule has 0 aliphatic rings. The molecule has 0 aliphatic heterocycles.